The lowest BCUT2D eigenvalue weighted by Crippen LogP contribution is -2.03. The summed E-state index contributed by atoms with van der Waals surface area (Å²) in [5.41, 5.74) is 12.7. The molecule has 0 saturated heterocycles. The van der Waals surface area contributed by atoms with Crippen LogP contribution in [0.1, 0.15) is 72.3 Å². The average molecular weight is 1420 g/mol. The van der Waals surface area contributed by atoms with Crippen LogP contribution < -0.4 is 0 Å². The van der Waals surface area contributed by atoms with E-state index < -0.39 is 0 Å². The van der Waals surface area contributed by atoms with Crippen LogP contribution in [0.2, 0.25) is 0 Å². The summed E-state index contributed by atoms with van der Waals surface area (Å²) in [6, 6.07) is 99.9. The zero-order valence-electron chi connectivity index (χ0n) is 58.1. The van der Waals surface area contributed by atoms with Gasteiger partial charge in [-0.3, -0.25) is 0 Å². The highest BCUT2D eigenvalue weighted by atomic mass is 15.0. The Hall–Kier alpha value is -18.2. The normalized spacial score (nSPS) is 10.6. The van der Waals surface area contributed by atoms with Gasteiger partial charge < -0.3 is 9.13 Å². The van der Waals surface area contributed by atoms with Crippen LogP contribution in [0.4, 0.5) is 0 Å². The van der Waals surface area contributed by atoms with Gasteiger partial charge in [0.25, 0.3) is 0 Å². The van der Waals surface area contributed by atoms with Gasteiger partial charge in [0.05, 0.1) is 185 Å². The van der Waals surface area contributed by atoms with Crippen molar-refractivity contribution in [1.82, 2.24) is 24.1 Å². The summed E-state index contributed by atoms with van der Waals surface area (Å²) in [5.74, 6) is 1.13. The Bertz CT molecular complexity index is 6990. The molecule has 3 aromatic heterocycles. The van der Waals surface area contributed by atoms with Crippen LogP contribution in [0.25, 0.3) is 156 Å². The Balaban J connectivity index is 1.01. The largest absolute Gasteiger partial charge is 0.309 e. The summed E-state index contributed by atoms with van der Waals surface area (Å²) in [4.78, 5) is 15.4. The molecule has 0 bridgehead atoms. The second kappa shape index (κ2) is 28.1. The monoisotopic (exact) mass is 1420 g/mol. The van der Waals surface area contributed by atoms with Gasteiger partial charge in [0.2, 0.25) is 0 Å². The minimum absolute atomic E-state index is 0.0873. The van der Waals surface area contributed by atoms with E-state index in [0.29, 0.717) is 139 Å². The van der Waals surface area contributed by atoms with Crippen molar-refractivity contribution in [3.8, 4) is 191 Å². The molecule has 0 atom stereocenters. The summed E-state index contributed by atoms with van der Waals surface area (Å²) in [5, 5.41) is 139. The molecule has 13 aromatic carbocycles. The van der Waals surface area contributed by atoms with Gasteiger partial charge in [0.15, 0.2) is 17.5 Å². The van der Waals surface area contributed by atoms with Crippen molar-refractivity contribution in [2.24, 2.45) is 0 Å². The molecule has 0 radical (unpaired) electrons. The SMILES string of the molecule is N#Cc1cccc(-c2cc(-c3cc(-c4nc(-c5ccccc5)nc(-c5ccccc5)n4)ccc3-n3c4ccc(-c5c(C#N)cc(C#N)cc5C#N)cc4c4cc(-c5c(C#N)cc(C#N)cc5C#N)ccc43)ccc2-n2c3ccc(-c4c(C#N)cc(C#N)cc4C#N)cc3c3cc(-c4c(C#N)cc(C#N)cc4C#N)ccc32)c1. The average Bonchev–Trinajstić information content (AvgIpc) is 1.57. The first-order valence-corrected chi connectivity index (χ1v) is 34.3. The molecule has 18 heteroatoms. The van der Waals surface area contributed by atoms with E-state index in [4.69, 9.17) is 15.0 Å². The van der Waals surface area contributed by atoms with Crippen LogP contribution in [0.15, 0.2) is 243 Å². The first-order chi connectivity index (χ1) is 54.9. The van der Waals surface area contributed by atoms with Gasteiger partial charge in [0, 0.05) is 71.6 Å². The molecule has 3 heterocycles. The number of rotatable bonds is 11. The molecule has 506 valence electrons. The molecule has 0 spiro atoms. The van der Waals surface area contributed by atoms with E-state index in [1.165, 1.54) is 48.5 Å². The Morgan fingerprint density at radius 3 is 0.750 bits per heavy atom. The fraction of sp³-hybridized carbons (Fsp3) is 0. The maximum absolute atomic E-state index is 10.7. The third kappa shape index (κ3) is 11.6. The Labute approximate surface area is 638 Å². The molecule has 16 rings (SSSR count). The van der Waals surface area contributed by atoms with E-state index in [-0.39, 0.29) is 77.9 Å². The standard InChI is InChI=1S/C94H40N18/c95-41-54-8-7-13-61(26-54)76-35-62(14-20-82(76)111-84-21-15-63(88-68(46-100)27-55(42-96)28-69(88)47-101)36-78(84)79-37-64(16-22-85(79)111)89-70(48-102)29-56(43-97)30-71(89)49-103)77-40-67(94-109-92(59-9-3-1-4-10-59)108-93(110-94)60-11-5-2-6-12-60)19-25-83(77)112-86-23-17-65(90-72(50-104)31-57(44-98)32-73(90)51-105)38-80(86)81-39-66(18-24-87(81)112)91-74(52-106)33-58(45-99)34-75(91)53-107/h1-40H. The molecule has 0 amide bonds. The molecule has 0 N–H and O–H groups in total. The fourth-order valence-corrected chi connectivity index (χ4v) is 14.9. The second-order valence-electron chi connectivity index (χ2n) is 25.9. The number of hydrogen-bond acceptors (Lipinski definition) is 16. The molecule has 0 saturated carbocycles. The van der Waals surface area contributed by atoms with Crippen LogP contribution in [0, 0.1) is 147 Å². The van der Waals surface area contributed by atoms with Crippen molar-refractivity contribution in [3.63, 3.8) is 0 Å². The van der Waals surface area contributed by atoms with Crippen LogP contribution in [0.3, 0.4) is 0 Å². The van der Waals surface area contributed by atoms with E-state index in [1.54, 1.807) is 42.5 Å². The molecule has 18 nitrogen and oxygen atoms in total. The molecule has 0 aliphatic heterocycles. The van der Waals surface area contributed by atoms with E-state index in [2.05, 4.69) is 83.5 Å². The second-order valence-corrected chi connectivity index (χ2v) is 25.9. The van der Waals surface area contributed by atoms with Gasteiger partial charge in [-0.25, -0.2) is 15.0 Å². The van der Waals surface area contributed by atoms with E-state index in [1.807, 2.05) is 156 Å². The maximum Gasteiger partial charge on any atom is 0.164 e. The lowest BCUT2D eigenvalue weighted by molar-refractivity contribution is 1.07. The Kier molecular flexibility index (Phi) is 17.1. The topological polar surface area (TPSA) is 358 Å². The third-order valence-corrected chi connectivity index (χ3v) is 19.8. The van der Waals surface area contributed by atoms with Gasteiger partial charge in [-0.1, -0.05) is 103 Å². The predicted octanol–water partition coefficient (Wildman–Crippen LogP) is 19.4. The minimum Gasteiger partial charge on any atom is -0.309 e. The zero-order valence-corrected chi connectivity index (χ0v) is 58.1. The van der Waals surface area contributed by atoms with E-state index in [0.717, 1.165) is 11.1 Å². The molecule has 0 aliphatic carbocycles. The fourth-order valence-electron chi connectivity index (χ4n) is 14.9. The molecule has 0 aliphatic rings. The number of aromatic nitrogens is 5. The van der Waals surface area contributed by atoms with Crippen molar-refractivity contribution in [1.29, 1.82) is 68.4 Å². The van der Waals surface area contributed by atoms with Gasteiger partial charge >= 0.3 is 0 Å². The molecule has 112 heavy (non-hydrogen) atoms. The van der Waals surface area contributed by atoms with E-state index >= 15 is 0 Å². The van der Waals surface area contributed by atoms with Crippen LogP contribution in [0.5, 0.6) is 0 Å². The van der Waals surface area contributed by atoms with Crippen LogP contribution in [-0.2, 0) is 0 Å². The summed E-state index contributed by atoms with van der Waals surface area (Å²) < 4.78 is 4.12. The predicted molar refractivity (Wildman–Crippen MR) is 419 cm³/mol. The number of fused-ring (bicyclic) bond motifs is 6. The van der Waals surface area contributed by atoms with Crippen LogP contribution >= 0.6 is 0 Å². The maximum atomic E-state index is 10.7. The summed E-state index contributed by atoms with van der Waals surface area (Å²) in [6.07, 6.45) is 0. The first-order valence-electron chi connectivity index (χ1n) is 34.3. The number of benzene rings is 13. The zero-order chi connectivity index (χ0) is 77.4. The lowest BCUT2D eigenvalue weighted by atomic mass is 9.91. The molecular weight excluding hydrogens is 1380 g/mol. The van der Waals surface area contributed by atoms with E-state index in [9.17, 15) is 68.4 Å². The van der Waals surface area contributed by atoms with Gasteiger partial charge in [-0.15, -0.1) is 0 Å². The molecule has 0 fully saturated rings. The van der Waals surface area contributed by atoms with Crippen molar-refractivity contribution in [2.75, 3.05) is 0 Å². The first kappa shape index (κ1) is 68.3. The van der Waals surface area contributed by atoms with Gasteiger partial charge in [-0.05, 0) is 173 Å². The van der Waals surface area contributed by atoms with Crippen molar-refractivity contribution >= 4 is 43.6 Å². The quantitative estimate of drug-likeness (QED) is 0.116. The summed E-state index contributed by atoms with van der Waals surface area (Å²) >= 11 is 0. The summed E-state index contributed by atoms with van der Waals surface area (Å²) in [6.45, 7) is 0. The van der Waals surface area contributed by atoms with Crippen LogP contribution in [-0.4, -0.2) is 24.1 Å². The van der Waals surface area contributed by atoms with Gasteiger partial charge in [-0.2, -0.15) is 68.4 Å². The highest BCUT2D eigenvalue weighted by Gasteiger charge is 2.27. The number of nitrogens with zero attached hydrogens (tertiary/aromatic N) is 18. The highest BCUT2D eigenvalue weighted by Crippen LogP contribution is 2.47. The Morgan fingerprint density at radius 1 is 0.196 bits per heavy atom. The number of nitriles is 13. The summed E-state index contributed by atoms with van der Waals surface area (Å²) in [7, 11) is 0. The van der Waals surface area contributed by atoms with Crippen molar-refractivity contribution in [2.45, 2.75) is 0 Å². The lowest BCUT2D eigenvalue weighted by Gasteiger charge is -2.20. The van der Waals surface area contributed by atoms with Crippen molar-refractivity contribution < 1.29 is 0 Å². The Morgan fingerprint density at radius 2 is 0.455 bits per heavy atom. The molecule has 16 aromatic rings. The minimum atomic E-state index is 0.0873. The smallest absolute Gasteiger partial charge is 0.164 e. The third-order valence-electron chi connectivity index (χ3n) is 19.8. The molecule has 0 unspecified atom stereocenters. The highest BCUT2D eigenvalue weighted by molar-refractivity contribution is 6.15. The molecular formula is C94H40N18. The number of hydrogen-bond donors (Lipinski definition) is 0. The van der Waals surface area contributed by atoms with Crippen molar-refractivity contribution in [3.05, 3.63) is 315 Å². The van der Waals surface area contributed by atoms with Gasteiger partial charge in [0.1, 0.15) is 0 Å².